The number of hydrogen-bond donors (Lipinski definition) is 2. The lowest BCUT2D eigenvalue weighted by Gasteiger charge is -1.95. The van der Waals surface area contributed by atoms with Crippen LogP contribution in [0.5, 0.6) is 0 Å². The van der Waals surface area contributed by atoms with Crippen LogP contribution >= 0.6 is 0 Å². The van der Waals surface area contributed by atoms with Crippen molar-refractivity contribution in [2.45, 2.75) is 52.4 Å². The molecule has 0 radical (unpaired) electrons. The number of aliphatic carboxylic acids is 2. The number of unbranched alkanes of at least 4 members (excludes halogenated alkanes) is 4. The number of carboxylic acids is 2. The summed E-state index contributed by atoms with van der Waals surface area (Å²) in [6.07, 6.45) is 11.9. The van der Waals surface area contributed by atoms with Crippen LogP contribution in [0.2, 0.25) is 0 Å². The van der Waals surface area contributed by atoms with Gasteiger partial charge in [-0.1, -0.05) is 50.8 Å². The van der Waals surface area contributed by atoms with E-state index in [1.165, 1.54) is 25.3 Å². The highest BCUT2D eigenvalue weighted by Gasteiger charge is 1.94. The third-order valence-electron chi connectivity index (χ3n) is 2.04. The quantitative estimate of drug-likeness (QED) is 0.395. The van der Waals surface area contributed by atoms with E-state index < -0.39 is 11.9 Å². The van der Waals surface area contributed by atoms with Crippen molar-refractivity contribution in [2.75, 3.05) is 0 Å². The van der Waals surface area contributed by atoms with E-state index in [9.17, 15) is 9.59 Å². The minimum atomic E-state index is -0.914. The van der Waals surface area contributed by atoms with E-state index in [0.717, 1.165) is 18.9 Å². The molecule has 0 fully saturated rings. The third kappa shape index (κ3) is 23.9. The first-order valence-electron chi connectivity index (χ1n) is 6.28. The SMILES string of the molecule is C/C=C/C=C/C(=O)O.CCCCCCCC(=O)O. The normalized spacial score (nSPS) is 10.3. The predicted molar refractivity (Wildman–Crippen MR) is 72.6 cm³/mol. The van der Waals surface area contributed by atoms with Crippen molar-refractivity contribution in [3.05, 3.63) is 24.3 Å². The molecule has 0 aromatic rings. The Morgan fingerprint density at radius 3 is 2.06 bits per heavy atom. The lowest BCUT2D eigenvalue weighted by Crippen LogP contribution is -1.93. The van der Waals surface area contributed by atoms with Crippen LogP contribution < -0.4 is 0 Å². The van der Waals surface area contributed by atoms with Gasteiger partial charge in [-0.15, -0.1) is 0 Å². The highest BCUT2D eigenvalue weighted by atomic mass is 16.4. The summed E-state index contributed by atoms with van der Waals surface area (Å²) < 4.78 is 0. The van der Waals surface area contributed by atoms with Gasteiger partial charge in [0.05, 0.1) is 0 Å². The highest BCUT2D eigenvalue weighted by molar-refractivity contribution is 5.80. The maximum atomic E-state index is 10.0. The Morgan fingerprint density at radius 2 is 1.61 bits per heavy atom. The summed E-state index contributed by atoms with van der Waals surface area (Å²) in [7, 11) is 0. The molecular weight excluding hydrogens is 232 g/mol. The molecule has 0 atom stereocenters. The number of carboxylic acid groups (broad SMARTS) is 2. The van der Waals surface area contributed by atoms with Crippen LogP contribution in [0.1, 0.15) is 52.4 Å². The van der Waals surface area contributed by atoms with Gasteiger partial charge in [0, 0.05) is 12.5 Å². The van der Waals surface area contributed by atoms with E-state index in [0.29, 0.717) is 6.42 Å². The Labute approximate surface area is 109 Å². The van der Waals surface area contributed by atoms with E-state index in [1.807, 2.05) is 6.92 Å². The van der Waals surface area contributed by atoms with Crippen molar-refractivity contribution in [3.63, 3.8) is 0 Å². The second kappa shape index (κ2) is 15.4. The van der Waals surface area contributed by atoms with E-state index in [-0.39, 0.29) is 0 Å². The highest BCUT2D eigenvalue weighted by Crippen LogP contribution is 2.04. The molecule has 0 aromatic carbocycles. The smallest absolute Gasteiger partial charge is 0.328 e. The molecule has 4 heteroatoms. The summed E-state index contributed by atoms with van der Waals surface area (Å²) in [4.78, 5) is 19.8. The summed E-state index contributed by atoms with van der Waals surface area (Å²) in [6, 6.07) is 0. The van der Waals surface area contributed by atoms with Crippen LogP contribution in [0, 0.1) is 0 Å². The zero-order valence-electron chi connectivity index (χ0n) is 11.3. The Bertz CT molecular complexity index is 267. The lowest BCUT2D eigenvalue weighted by atomic mass is 10.1. The fourth-order valence-electron chi connectivity index (χ4n) is 1.13. The minimum absolute atomic E-state index is 0.337. The maximum absolute atomic E-state index is 10.0. The van der Waals surface area contributed by atoms with E-state index in [2.05, 4.69) is 6.92 Å². The Balaban J connectivity index is 0. The molecule has 0 spiro atoms. The molecule has 0 rings (SSSR count). The molecule has 0 bridgehead atoms. The molecule has 18 heavy (non-hydrogen) atoms. The molecule has 0 aliphatic rings. The summed E-state index contributed by atoms with van der Waals surface area (Å²) in [6.45, 7) is 3.98. The fourth-order valence-corrected chi connectivity index (χ4v) is 1.13. The van der Waals surface area contributed by atoms with E-state index in [1.54, 1.807) is 12.2 Å². The van der Waals surface area contributed by atoms with Crippen LogP contribution in [-0.4, -0.2) is 22.2 Å². The molecule has 0 heterocycles. The number of allylic oxidation sites excluding steroid dienone is 3. The van der Waals surface area contributed by atoms with Crippen LogP contribution in [0.3, 0.4) is 0 Å². The van der Waals surface area contributed by atoms with Gasteiger partial charge < -0.3 is 10.2 Å². The number of rotatable bonds is 8. The molecule has 4 nitrogen and oxygen atoms in total. The topological polar surface area (TPSA) is 74.6 Å². The summed E-state index contributed by atoms with van der Waals surface area (Å²) in [5.41, 5.74) is 0. The molecule has 104 valence electrons. The second-order valence-electron chi connectivity index (χ2n) is 3.78. The van der Waals surface area contributed by atoms with Crippen LogP contribution in [0.25, 0.3) is 0 Å². The number of carbonyl (C=O) groups is 2. The van der Waals surface area contributed by atoms with Gasteiger partial charge in [0.25, 0.3) is 0 Å². The molecule has 0 unspecified atom stereocenters. The second-order valence-corrected chi connectivity index (χ2v) is 3.78. The van der Waals surface area contributed by atoms with Crippen molar-refractivity contribution in [2.24, 2.45) is 0 Å². The van der Waals surface area contributed by atoms with Gasteiger partial charge in [0.15, 0.2) is 0 Å². The number of hydrogen-bond acceptors (Lipinski definition) is 2. The molecule has 2 N–H and O–H groups in total. The van der Waals surface area contributed by atoms with E-state index >= 15 is 0 Å². The fraction of sp³-hybridized carbons (Fsp3) is 0.571. The summed E-state index contributed by atoms with van der Waals surface area (Å²) >= 11 is 0. The van der Waals surface area contributed by atoms with Gasteiger partial charge in [-0.05, 0) is 13.3 Å². The molecule has 0 saturated carbocycles. The molecular formula is C14H24O4. The van der Waals surface area contributed by atoms with Crippen LogP contribution in [0.4, 0.5) is 0 Å². The Morgan fingerprint density at radius 1 is 1.00 bits per heavy atom. The van der Waals surface area contributed by atoms with Gasteiger partial charge >= 0.3 is 11.9 Å². The minimum Gasteiger partial charge on any atom is -0.481 e. The first-order valence-corrected chi connectivity index (χ1v) is 6.28. The molecule has 0 amide bonds. The van der Waals surface area contributed by atoms with E-state index in [4.69, 9.17) is 10.2 Å². The van der Waals surface area contributed by atoms with Gasteiger partial charge in [-0.25, -0.2) is 4.79 Å². The van der Waals surface area contributed by atoms with Gasteiger partial charge in [-0.3, -0.25) is 4.79 Å². The largest absolute Gasteiger partial charge is 0.481 e. The monoisotopic (exact) mass is 256 g/mol. The van der Waals surface area contributed by atoms with Gasteiger partial charge in [0.2, 0.25) is 0 Å². The van der Waals surface area contributed by atoms with Crippen molar-refractivity contribution < 1.29 is 19.8 Å². The zero-order valence-corrected chi connectivity index (χ0v) is 11.3. The van der Waals surface area contributed by atoms with Crippen molar-refractivity contribution in [1.29, 1.82) is 0 Å². The standard InChI is InChI=1S/C8H16O2.C6H8O2/c1-2-3-4-5-6-7-8(9)10;1-2-3-4-5-6(7)8/h2-7H2,1H3,(H,9,10);2-5H,1H3,(H,7,8)/b;3-2+,5-4+. The van der Waals surface area contributed by atoms with Gasteiger partial charge in [0.1, 0.15) is 0 Å². The molecule has 0 aliphatic heterocycles. The average Bonchev–Trinajstić information content (AvgIpc) is 2.29. The van der Waals surface area contributed by atoms with Crippen LogP contribution in [-0.2, 0) is 9.59 Å². The molecule has 0 saturated heterocycles. The van der Waals surface area contributed by atoms with Crippen molar-refractivity contribution in [1.82, 2.24) is 0 Å². The van der Waals surface area contributed by atoms with Gasteiger partial charge in [-0.2, -0.15) is 0 Å². The summed E-state index contributed by atoms with van der Waals surface area (Å²) in [5, 5.41) is 16.3. The molecule has 0 aromatic heterocycles. The predicted octanol–water partition coefficient (Wildman–Crippen LogP) is 3.63. The third-order valence-corrected chi connectivity index (χ3v) is 2.04. The van der Waals surface area contributed by atoms with Crippen LogP contribution in [0.15, 0.2) is 24.3 Å². The first-order chi connectivity index (χ1) is 8.54. The first kappa shape index (κ1) is 18.8. The Kier molecular flexibility index (Phi) is 16.1. The zero-order chi connectivity index (χ0) is 14.2. The van der Waals surface area contributed by atoms with Crippen molar-refractivity contribution in [3.8, 4) is 0 Å². The maximum Gasteiger partial charge on any atom is 0.328 e. The lowest BCUT2D eigenvalue weighted by molar-refractivity contribution is -0.137. The molecule has 0 aliphatic carbocycles. The van der Waals surface area contributed by atoms with Crippen molar-refractivity contribution >= 4 is 11.9 Å². The summed E-state index contributed by atoms with van der Waals surface area (Å²) in [5.74, 6) is -1.58. The Hall–Kier alpha value is -1.58. The average molecular weight is 256 g/mol.